The zero-order valence-electron chi connectivity index (χ0n) is 7.44. The highest BCUT2D eigenvalue weighted by atomic mass is 32.1. The molecule has 2 saturated carbocycles. The summed E-state index contributed by atoms with van der Waals surface area (Å²) in [6.45, 7) is 0. The summed E-state index contributed by atoms with van der Waals surface area (Å²) in [5, 5.41) is 2.94. The normalized spacial score (nSPS) is 34.6. The van der Waals surface area contributed by atoms with E-state index in [1.165, 1.54) is 31.4 Å². The van der Waals surface area contributed by atoms with Gasteiger partial charge in [-0.15, -0.1) is 11.3 Å². The van der Waals surface area contributed by atoms with Gasteiger partial charge in [-0.3, -0.25) is 0 Å². The second-order valence-electron chi connectivity index (χ2n) is 4.00. The molecule has 2 aliphatic carbocycles. The van der Waals surface area contributed by atoms with Crippen molar-refractivity contribution in [2.45, 2.75) is 25.7 Å². The molecule has 0 aliphatic heterocycles. The molecule has 3 heteroatoms. The Morgan fingerprint density at radius 1 is 1.46 bits per heavy atom. The lowest BCUT2D eigenvalue weighted by atomic mass is 9.99. The van der Waals surface area contributed by atoms with Crippen molar-refractivity contribution in [1.82, 2.24) is 4.98 Å². The van der Waals surface area contributed by atoms with Crippen LogP contribution in [0.5, 0.6) is 0 Å². The lowest BCUT2D eigenvalue weighted by Gasteiger charge is -2.10. The molecule has 0 saturated heterocycles. The van der Waals surface area contributed by atoms with E-state index in [0.717, 1.165) is 17.0 Å². The Labute approximate surface area is 81.7 Å². The zero-order chi connectivity index (χ0) is 8.67. The van der Waals surface area contributed by atoms with E-state index in [1.807, 2.05) is 11.6 Å². The summed E-state index contributed by atoms with van der Waals surface area (Å²) in [7, 11) is 0. The van der Waals surface area contributed by atoms with Gasteiger partial charge in [0.2, 0.25) is 5.13 Å². The Bertz CT molecular complexity index is 329. The van der Waals surface area contributed by atoms with Crippen LogP contribution in [-0.4, -0.2) is 10.7 Å². The van der Waals surface area contributed by atoms with Gasteiger partial charge in [-0.25, -0.2) is 9.98 Å². The molecule has 0 N–H and O–H groups in total. The maximum atomic E-state index is 4.62. The van der Waals surface area contributed by atoms with Gasteiger partial charge in [0.05, 0.1) is 0 Å². The molecule has 2 nitrogen and oxygen atoms in total. The highest BCUT2D eigenvalue weighted by molar-refractivity contribution is 7.13. The number of aromatic nitrogens is 1. The van der Waals surface area contributed by atoms with Gasteiger partial charge in [-0.2, -0.15) is 0 Å². The highest BCUT2D eigenvalue weighted by Gasteiger charge is 2.36. The minimum Gasteiger partial charge on any atom is -0.228 e. The monoisotopic (exact) mass is 192 g/mol. The van der Waals surface area contributed by atoms with Crippen molar-refractivity contribution in [2.75, 3.05) is 0 Å². The summed E-state index contributed by atoms with van der Waals surface area (Å²) in [6, 6.07) is 0. The lowest BCUT2D eigenvalue weighted by Crippen LogP contribution is -2.08. The maximum absolute atomic E-state index is 4.62. The molecule has 2 aliphatic rings. The number of aliphatic imine (C=N–C) groups is 1. The van der Waals surface area contributed by atoms with Crippen LogP contribution in [0.1, 0.15) is 25.7 Å². The first-order chi connectivity index (χ1) is 6.42. The van der Waals surface area contributed by atoms with Crippen molar-refractivity contribution in [2.24, 2.45) is 16.8 Å². The van der Waals surface area contributed by atoms with Gasteiger partial charge in [-0.05, 0) is 37.5 Å². The van der Waals surface area contributed by atoms with E-state index in [-0.39, 0.29) is 0 Å². The molecular formula is C10H12N2S. The predicted molar refractivity (Wildman–Crippen MR) is 54.7 cm³/mol. The second-order valence-corrected chi connectivity index (χ2v) is 4.87. The van der Waals surface area contributed by atoms with Gasteiger partial charge in [0, 0.05) is 17.3 Å². The third kappa shape index (κ3) is 1.31. The van der Waals surface area contributed by atoms with Crippen LogP contribution < -0.4 is 0 Å². The summed E-state index contributed by atoms with van der Waals surface area (Å²) in [6.07, 6.45) is 7.27. The standard InChI is InChI=1S/C10H12N2S/c1-2-8-5-7(1)6-9(8)12-10-11-3-4-13-10/h3-4,7-8H,1-2,5-6H2. The molecule has 2 fully saturated rings. The van der Waals surface area contributed by atoms with Crippen LogP contribution in [0.2, 0.25) is 0 Å². The number of nitrogens with zero attached hydrogens (tertiary/aromatic N) is 2. The third-order valence-electron chi connectivity index (χ3n) is 3.17. The molecule has 13 heavy (non-hydrogen) atoms. The number of hydrogen-bond donors (Lipinski definition) is 0. The maximum Gasteiger partial charge on any atom is 0.208 e. The molecule has 0 amide bonds. The molecular weight excluding hydrogens is 180 g/mol. The van der Waals surface area contributed by atoms with Crippen LogP contribution in [0, 0.1) is 11.8 Å². The van der Waals surface area contributed by atoms with Gasteiger partial charge < -0.3 is 0 Å². The van der Waals surface area contributed by atoms with E-state index in [1.54, 1.807) is 11.3 Å². The van der Waals surface area contributed by atoms with Crippen LogP contribution in [0.4, 0.5) is 5.13 Å². The van der Waals surface area contributed by atoms with Crippen LogP contribution in [0.3, 0.4) is 0 Å². The first kappa shape index (κ1) is 7.68. The summed E-state index contributed by atoms with van der Waals surface area (Å²) in [5.74, 6) is 1.75. The second kappa shape index (κ2) is 2.91. The predicted octanol–water partition coefficient (Wildman–Crippen LogP) is 3.04. The molecule has 0 spiro atoms. The first-order valence-corrected chi connectivity index (χ1v) is 5.77. The smallest absolute Gasteiger partial charge is 0.208 e. The van der Waals surface area contributed by atoms with Crippen LogP contribution in [0.15, 0.2) is 16.6 Å². The minimum absolute atomic E-state index is 0.800. The Balaban J connectivity index is 1.86. The summed E-state index contributed by atoms with van der Waals surface area (Å²) in [4.78, 5) is 8.82. The van der Waals surface area contributed by atoms with Crippen molar-refractivity contribution in [3.8, 4) is 0 Å². The van der Waals surface area contributed by atoms with Gasteiger partial charge in [0.15, 0.2) is 0 Å². The number of fused-ring (bicyclic) bond motifs is 2. The van der Waals surface area contributed by atoms with Crippen molar-refractivity contribution < 1.29 is 0 Å². The molecule has 3 rings (SSSR count). The largest absolute Gasteiger partial charge is 0.228 e. The zero-order valence-corrected chi connectivity index (χ0v) is 8.26. The summed E-state index contributed by atoms with van der Waals surface area (Å²) < 4.78 is 0. The van der Waals surface area contributed by atoms with Gasteiger partial charge in [0.25, 0.3) is 0 Å². The molecule has 2 atom stereocenters. The van der Waals surface area contributed by atoms with E-state index in [9.17, 15) is 0 Å². The number of rotatable bonds is 1. The average Bonchev–Trinajstić information content (AvgIpc) is 2.77. The molecule has 0 aromatic carbocycles. The van der Waals surface area contributed by atoms with Gasteiger partial charge >= 0.3 is 0 Å². The molecule has 0 radical (unpaired) electrons. The quantitative estimate of drug-likeness (QED) is 0.671. The fourth-order valence-electron chi connectivity index (χ4n) is 2.56. The molecule has 1 aromatic rings. The van der Waals surface area contributed by atoms with Crippen molar-refractivity contribution in [3.63, 3.8) is 0 Å². The molecule has 1 aromatic heterocycles. The molecule has 1 heterocycles. The van der Waals surface area contributed by atoms with Crippen LogP contribution in [-0.2, 0) is 0 Å². The van der Waals surface area contributed by atoms with Gasteiger partial charge in [-0.1, -0.05) is 0 Å². The van der Waals surface area contributed by atoms with E-state index in [4.69, 9.17) is 0 Å². The van der Waals surface area contributed by atoms with E-state index in [0.29, 0.717) is 0 Å². The third-order valence-corrected chi connectivity index (χ3v) is 3.83. The SMILES string of the molecule is c1csc(N=C2CC3CCC2C3)n1. The molecule has 2 bridgehead atoms. The Kier molecular flexibility index (Phi) is 1.72. The number of hydrogen-bond acceptors (Lipinski definition) is 3. The topological polar surface area (TPSA) is 25.2 Å². The fourth-order valence-corrected chi connectivity index (χ4v) is 3.09. The first-order valence-electron chi connectivity index (χ1n) is 4.89. The lowest BCUT2D eigenvalue weighted by molar-refractivity contribution is 0.592. The van der Waals surface area contributed by atoms with E-state index < -0.39 is 0 Å². The van der Waals surface area contributed by atoms with Crippen molar-refractivity contribution in [3.05, 3.63) is 11.6 Å². The fraction of sp³-hybridized carbons (Fsp3) is 0.600. The van der Waals surface area contributed by atoms with E-state index in [2.05, 4.69) is 9.98 Å². The molecule has 68 valence electrons. The minimum atomic E-state index is 0.800. The average molecular weight is 192 g/mol. The summed E-state index contributed by atoms with van der Waals surface area (Å²) >= 11 is 1.64. The van der Waals surface area contributed by atoms with Crippen LogP contribution >= 0.6 is 11.3 Å². The molecule has 2 unspecified atom stereocenters. The summed E-state index contributed by atoms with van der Waals surface area (Å²) in [5.41, 5.74) is 1.42. The Morgan fingerprint density at radius 2 is 2.46 bits per heavy atom. The highest BCUT2D eigenvalue weighted by Crippen LogP contribution is 2.43. The van der Waals surface area contributed by atoms with Crippen molar-refractivity contribution >= 4 is 22.2 Å². The van der Waals surface area contributed by atoms with Gasteiger partial charge in [0.1, 0.15) is 0 Å². The van der Waals surface area contributed by atoms with Crippen LogP contribution in [0.25, 0.3) is 0 Å². The Hall–Kier alpha value is -0.700. The van der Waals surface area contributed by atoms with Crippen molar-refractivity contribution in [1.29, 1.82) is 0 Å². The Morgan fingerprint density at radius 3 is 3.08 bits per heavy atom. The van der Waals surface area contributed by atoms with E-state index >= 15 is 0 Å². The number of thiazole rings is 1.